The molecule has 2 atom stereocenters. The number of carbonyl (C=O) groups excluding carboxylic acids is 1. The second-order valence-electron chi connectivity index (χ2n) is 7.05. The van der Waals surface area contributed by atoms with Gasteiger partial charge in [0.2, 0.25) is 0 Å². The molecule has 1 aliphatic carbocycles. The molecule has 1 aromatic rings. The zero-order valence-electron chi connectivity index (χ0n) is 13.9. The Morgan fingerprint density at radius 2 is 2.00 bits per heavy atom. The maximum absolute atomic E-state index is 12.6. The van der Waals surface area contributed by atoms with E-state index in [2.05, 4.69) is 10.2 Å². The van der Waals surface area contributed by atoms with Crippen LogP contribution in [0.4, 0.5) is 0 Å². The molecule has 0 unspecified atom stereocenters. The first-order chi connectivity index (χ1) is 11.1. The standard InChI is InChI=1S/C18H27ClN2OS/c1-13-12-23-17(16(13)19)18(22)20-15-8-4-3-7-14(15)11-21-9-5-2-6-10-21/h12,14-15H,2-11H2,1H3,(H,20,22)/t14-,15-/m0/s1. The topological polar surface area (TPSA) is 32.3 Å². The molecule has 2 heterocycles. The lowest BCUT2D eigenvalue weighted by Gasteiger charge is -2.37. The molecule has 0 bridgehead atoms. The molecule has 0 radical (unpaired) electrons. The Morgan fingerprint density at radius 3 is 2.70 bits per heavy atom. The molecule has 1 aromatic heterocycles. The van der Waals surface area contributed by atoms with E-state index < -0.39 is 0 Å². The van der Waals surface area contributed by atoms with Gasteiger partial charge >= 0.3 is 0 Å². The molecule has 3 rings (SSSR count). The first-order valence-electron chi connectivity index (χ1n) is 8.92. The summed E-state index contributed by atoms with van der Waals surface area (Å²) in [5, 5.41) is 5.87. The van der Waals surface area contributed by atoms with Gasteiger partial charge in [-0.15, -0.1) is 11.3 Å². The van der Waals surface area contributed by atoms with Crippen molar-refractivity contribution < 1.29 is 4.79 Å². The van der Waals surface area contributed by atoms with Crippen LogP contribution >= 0.6 is 22.9 Å². The van der Waals surface area contributed by atoms with Gasteiger partial charge in [-0.2, -0.15) is 0 Å². The molecule has 2 aliphatic rings. The number of nitrogens with zero attached hydrogens (tertiary/aromatic N) is 1. The number of likely N-dealkylation sites (tertiary alicyclic amines) is 1. The molecule has 3 nitrogen and oxygen atoms in total. The summed E-state index contributed by atoms with van der Waals surface area (Å²) in [4.78, 5) is 15.9. The normalized spacial score (nSPS) is 26.2. The minimum atomic E-state index is 0.0173. The minimum absolute atomic E-state index is 0.0173. The molecule has 1 saturated carbocycles. The Kier molecular flexibility index (Phi) is 6.00. The predicted molar refractivity (Wildman–Crippen MR) is 97.6 cm³/mol. The number of nitrogens with one attached hydrogen (secondary N) is 1. The third kappa shape index (κ3) is 4.28. The lowest BCUT2D eigenvalue weighted by atomic mass is 9.83. The molecule has 0 spiro atoms. The number of hydrogen-bond acceptors (Lipinski definition) is 3. The molecule has 0 aromatic carbocycles. The highest BCUT2D eigenvalue weighted by atomic mass is 35.5. The predicted octanol–water partition coefficient (Wildman–Crippen LogP) is 4.48. The molecule has 1 saturated heterocycles. The average molecular weight is 355 g/mol. The summed E-state index contributed by atoms with van der Waals surface area (Å²) >= 11 is 7.71. The lowest BCUT2D eigenvalue weighted by molar-refractivity contribution is 0.0881. The molecule has 128 valence electrons. The van der Waals surface area contributed by atoms with E-state index in [1.165, 1.54) is 63.0 Å². The fraction of sp³-hybridized carbons (Fsp3) is 0.722. The Labute approximate surface area is 148 Å². The van der Waals surface area contributed by atoms with Crippen molar-refractivity contribution in [1.82, 2.24) is 10.2 Å². The Hall–Kier alpha value is -0.580. The van der Waals surface area contributed by atoms with Gasteiger partial charge in [-0.1, -0.05) is 30.9 Å². The van der Waals surface area contributed by atoms with E-state index in [1.54, 1.807) is 0 Å². The SMILES string of the molecule is Cc1csc(C(=O)N[C@H]2CCCC[C@H]2CN2CCCCC2)c1Cl. The van der Waals surface area contributed by atoms with E-state index in [1.807, 2.05) is 12.3 Å². The monoisotopic (exact) mass is 354 g/mol. The average Bonchev–Trinajstić information content (AvgIpc) is 2.90. The third-order valence-corrected chi connectivity index (χ3v) is 6.97. The van der Waals surface area contributed by atoms with Crippen LogP contribution in [0.5, 0.6) is 0 Å². The van der Waals surface area contributed by atoms with Crippen molar-refractivity contribution in [3.8, 4) is 0 Å². The number of rotatable bonds is 4. The number of halogens is 1. The van der Waals surface area contributed by atoms with Crippen molar-refractivity contribution in [2.45, 2.75) is 57.9 Å². The maximum atomic E-state index is 12.6. The zero-order valence-corrected chi connectivity index (χ0v) is 15.5. The summed E-state index contributed by atoms with van der Waals surface area (Å²) in [6.45, 7) is 5.55. The molecule has 1 aliphatic heterocycles. The van der Waals surface area contributed by atoms with Crippen molar-refractivity contribution in [3.05, 3.63) is 20.8 Å². The molecule has 5 heteroatoms. The highest BCUT2D eigenvalue weighted by Crippen LogP contribution is 2.30. The van der Waals surface area contributed by atoms with E-state index in [9.17, 15) is 4.79 Å². The molecule has 1 amide bonds. The van der Waals surface area contributed by atoms with Gasteiger partial charge in [0.25, 0.3) is 5.91 Å². The third-order valence-electron chi connectivity index (χ3n) is 5.27. The smallest absolute Gasteiger partial charge is 0.263 e. The quantitative estimate of drug-likeness (QED) is 0.864. The first-order valence-corrected chi connectivity index (χ1v) is 10.2. The molecular weight excluding hydrogens is 328 g/mol. The fourth-order valence-corrected chi connectivity index (χ4v) is 5.09. The van der Waals surface area contributed by atoms with Gasteiger partial charge in [0.1, 0.15) is 4.88 Å². The Morgan fingerprint density at radius 1 is 1.26 bits per heavy atom. The summed E-state index contributed by atoms with van der Waals surface area (Å²) in [5.74, 6) is 0.606. The van der Waals surface area contributed by atoms with Gasteiger partial charge in [-0.3, -0.25) is 4.79 Å². The van der Waals surface area contributed by atoms with Gasteiger partial charge in [-0.05, 0) is 62.6 Å². The van der Waals surface area contributed by atoms with Crippen molar-refractivity contribution in [3.63, 3.8) is 0 Å². The van der Waals surface area contributed by atoms with Crippen LogP contribution in [0.15, 0.2) is 5.38 Å². The van der Waals surface area contributed by atoms with Crippen molar-refractivity contribution in [2.24, 2.45) is 5.92 Å². The molecule has 1 N–H and O–H groups in total. The van der Waals surface area contributed by atoms with Crippen LogP contribution in [0.25, 0.3) is 0 Å². The van der Waals surface area contributed by atoms with Gasteiger partial charge in [0, 0.05) is 12.6 Å². The number of aryl methyl sites for hydroxylation is 1. The molecule has 23 heavy (non-hydrogen) atoms. The summed E-state index contributed by atoms with van der Waals surface area (Å²) < 4.78 is 0. The van der Waals surface area contributed by atoms with Crippen LogP contribution < -0.4 is 5.32 Å². The van der Waals surface area contributed by atoms with E-state index in [4.69, 9.17) is 11.6 Å². The van der Waals surface area contributed by atoms with Crippen LogP contribution in [0.2, 0.25) is 5.02 Å². The van der Waals surface area contributed by atoms with Crippen LogP contribution in [-0.4, -0.2) is 36.5 Å². The summed E-state index contributed by atoms with van der Waals surface area (Å²) in [7, 11) is 0. The number of hydrogen-bond donors (Lipinski definition) is 1. The highest BCUT2D eigenvalue weighted by molar-refractivity contribution is 7.13. The number of thiophene rings is 1. The van der Waals surface area contributed by atoms with Crippen molar-refractivity contribution in [1.29, 1.82) is 0 Å². The van der Waals surface area contributed by atoms with E-state index in [-0.39, 0.29) is 5.91 Å². The second kappa shape index (κ2) is 8.00. The van der Waals surface area contributed by atoms with Crippen LogP contribution in [0.1, 0.15) is 60.2 Å². The Bertz CT molecular complexity index is 539. The van der Waals surface area contributed by atoms with Gasteiger partial charge < -0.3 is 10.2 Å². The lowest BCUT2D eigenvalue weighted by Crippen LogP contribution is -2.47. The Balaban J connectivity index is 1.61. The number of piperidine rings is 1. The van der Waals surface area contributed by atoms with E-state index in [0.29, 0.717) is 21.9 Å². The minimum Gasteiger partial charge on any atom is -0.348 e. The molecule has 2 fully saturated rings. The summed E-state index contributed by atoms with van der Waals surface area (Å²) in [6.07, 6.45) is 8.88. The highest BCUT2D eigenvalue weighted by Gasteiger charge is 2.29. The zero-order chi connectivity index (χ0) is 16.2. The maximum Gasteiger partial charge on any atom is 0.263 e. The fourth-order valence-electron chi connectivity index (χ4n) is 3.91. The van der Waals surface area contributed by atoms with E-state index >= 15 is 0 Å². The summed E-state index contributed by atoms with van der Waals surface area (Å²) in [6, 6.07) is 0.302. The van der Waals surface area contributed by atoms with Gasteiger partial charge in [-0.25, -0.2) is 0 Å². The van der Waals surface area contributed by atoms with Crippen molar-refractivity contribution in [2.75, 3.05) is 19.6 Å². The van der Waals surface area contributed by atoms with Gasteiger partial charge in [0.05, 0.1) is 5.02 Å². The van der Waals surface area contributed by atoms with Crippen LogP contribution in [-0.2, 0) is 0 Å². The first kappa shape index (κ1) is 17.2. The second-order valence-corrected chi connectivity index (χ2v) is 8.31. The summed E-state index contributed by atoms with van der Waals surface area (Å²) in [5.41, 5.74) is 0.996. The number of carbonyl (C=O) groups is 1. The number of amides is 1. The van der Waals surface area contributed by atoms with Gasteiger partial charge in [0.15, 0.2) is 0 Å². The van der Waals surface area contributed by atoms with Crippen molar-refractivity contribution >= 4 is 28.8 Å². The van der Waals surface area contributed by atoms with Crippen LogP contribution in [0, 0.1) is 12.8 Å². The van der Waals surface area contributed by atoms with E-state index in [0.717, 1.165) is 18.5 Å². The molecular formula is C18H27ClN2OS. The largest absolute Gasteiger partial charge is 0.348 e. The van der Waals surface area contributed by atoms with Crippen LogP contribution in [0.3, 0.4) is 0 Å².